The fraction of sp³-hybridized carbons (Fsp3) is 0.579. The molecule has 0 saturated carbocycles. The number of nitrogens with zero attached hydrogens (tertiary/aromatic N) is 5. The lowest BCUT2D eigenvalue weighted by molar-refractivity contribution is -0.138. The van der Waals surface area contributed by atoms with Crippen LogP contribution in [0, 0.1) is 0 Å². The molecule has 0 bridgehead atoms. The minimum absolute atomic E-state index is 0.0527. The van der Waals surface area contributed by atoms with Crippen LogP contribution in [-0.2, 0) is 11.3 Å². The van der Waals surface area contributed by atoms with Crippen LogP contribution in [0.5, 0.6) is 5.75 Å². The molecule has 0 aliphatic carbocycles. The maximum atomic E-state index is 12.7. The van der Waals surface area contributed by atoms with Crippen LogP contribution >= 0.6 is 0 Å². The molecular weight excluding hydrogens is 330 g/mol. The number of carbonyl (C=O) groups excluding carboxylic acids is 1. The molecule has 140 valence electrons. The molecule has 0 unspecified atom stereocenters. The molecular formula is C19H27N5O2. The van der Waals surface area contributed by atoms with E-state index < -0.39 is 0 Å². The van der Waals surface area contributed by atoms with Gasteiger partial charge in [-0.25, -0.2) is 0 Å². The third-order valence-electron chi connectivity index (χ3n) is 4.80. The van der Waals surface area contributed by atoms with Crippen molar-refractivity contribution in [1.29, 1.82) is 0 Å². The summed E-state index contributed by atoms with van der Waals surface area (Å²) in [6.07, 6.45) is 4.26. The van der Waals surface area contributed by atoms with Gasteiger partial charge < -0.3 is 9.64 Å². The smallest absolute Gasteiger partial charge is 0.246 e. The fourth-order valence-electron chi connectivity index (χ4n) is 3.46. The molecule has 2 atom stereocenters. The molecule has 0 radical (unpaired) electrons. The van der Waals surface area contributed by atoms with Gasteiger partial charge in [0.2, 0.25) is 11.7 Å². The van der Waals surface area contributed by atoms with E-state index in [0.29, 0.717) is 12.4 Å². The van der Waals surface area contributed by atoms with E-state index in [4.69, 9.17) is 4.74 Å². The SMILES string of the molecule is CCCOc1ccc(-c2nnn(CC(=O)N3[C@H](C)CCC[C@H]3C)n2)cc1. The highest BCUT2D eigenvalue weighted by molar-refractivity contribution is 5.76. The molecule has 2 aromatic rings. The van der Waals surface area contributed by atoms with Gasteiger partial charge in [-0.05, 0) is 69.0 Å². The second-order valence-electron chi connectivity index (χ2n) is 6.95. The molecule has 26 heavy (non-hydrogen) atoms. The number of likely N-dealkylation sites (tertiary alicyclic amines) is 1. The Balaban J connectivity index is 1.65. The summed E-state index contributed by atoms with van der Waals surface area (Å²) >= 11 is 0. The van der Waals surface area contributed by atoms with Crippen molar-refractivity contribution in [3.8, 4) is 17.1 Å². The van der Waals surface area contributed by atoms with E-state index in [0.717, 1.165) is 30.6 Å². The van der Waals surface area contributed by atoms with Crippen LogP contribution in [0.1, 0.15) is 46.5 Å². The molecule has 1 aliphatic rings. The monoisotopic (exact) mass is 357 g/mol. The number of benzene rings is 1. The molecule has 1 aromatic carbocycles. The predicted molar refractivity (Wildman–Crippen MR) is 98.7 cm³/mol. The summed E-state index contributed by atoms with van der Waals surface area (Å²) < 4.78 is 5.58. The van der Waals surface area contributed by atoms with Crippen molar-refractivity contribution in [3.63, 3.8) is 0 Å². The quantitative estimate of drug-likeness (QED) is 0.795. The summed E-state index contributed by atoms with van der Waals surface area (Å²) in [5, 5.41) is 12.5. The van der Waals surface area contributed by atoms with E-state index in [1.54, 1.807) is 0 Å². The molecule has 7 nitrogen and oxygen atoms in total. The van der Waals surface area contributed by atoms with Crippen molar-refractivity contribution in [1.82, 2.24) is 25.1 Å². The number of aromatic nitrogens is 4. The van der Waals surface area contributed by atoms with E-state index in [2.05, 4.69) is 36.2 Å². The second-order valence-corrected chi connectivity index (χ2v) is 6.95. The highest BCUT2D eigenvalue weighted by Crippen LogP contribution is 2.23. The minimum atomic E-state index is 0.0527. The topological polar surface area (TPSA) is 73.1 Å². The van der Waals surface area contributed by atoms with E-state index in [9.17, 15) is 4.79 Å². The summed E-state index contributed by atoms with van der Waals surface area (Å²) in [7, 11) is 0. The van der Waals surface area contributed by atoms with Gasteiger partial charge in [-0.15, -0.1) is 10.2 Å². The zero-order valence-electron chi connectivity index (χ0n) is 15.8. The third-order valence-corrected chi connectivity index (χ3v) is 4.80. The number of ether oxygens (including phenoxy) is 1. The van der Waals surface area contributed by atoms with Crippen molar-refractivity contribution in [3.05, 3.63) is 24.3 Å². The molecule has 1 aromatic heterocycles. The Kier molecular flexibility index (Phi) is 5.85. The van der Waals surface area contributed by atoms with Crippen molar-refractivity contribution in [2.24, 2.45) is 0 Å². The molecule has 1 aliphatic heterocycles. The molecule has 3 rings (SSSR count). The first-order chi connectivity index (χ1) is 12.6. The molecule has 0 spiro atoms. The lowest BCUT2D eigenvalue weighted by Crippen LogP contribution is -2.48. The van der Waals surface area contributed by atoms with Crippen LogP contribution in [0.4, 0.5) is 0 Å². The van der Waals surface area contributed by atoms with Crippen LogP contribution in [0.25, 0.3) is 11.4 Å². The number of carbonyl (C=O) groups is 1. The van der Waals surface area contributed by atoms with Gasteiger partial charge in [0.25, 0.3) is 0 Å². The Hall–Kier alpha value is -2.44. The standard InChI is InChI=1S/C19H27N5O2/c1-4-12-26-17-10-8-16(9-11-17)19-20-22-23(21-19)13-18(25)24-14(2)6-5-7-15(24)3/h8-11,14-15H,4-7,12-13H2,1-3H3/t14-,15-/m1/s1. The van der Waals surface area contributed by atoms with Gasteiger partial charge >= 0.3 is 0 Å². The first-order valence-electron chi connectivity index (χ1n) is 9.40. The lowest BCUT2D eigenvalue weighted by atomic mass is 9.97. The van der Waals surface area contributed by atoms with Gasteiger partial charge in [0.05, 0.1) is 6.61 Å². The predicted octanol–water partition coefficient (Wildman–Crippen LogP) is 2.92. The summed E-state index contributed by atoms with van der Waals surface area (Å²) in [5.41, 5.74) is 0.854. The minimum Gasteiger partial charge on any atom is -0.494 e. The molecule has 1 amide bonds. The number of hydrogen-bond acceptors (Lipinski definition) is 5. The normalized spacial score (nSPS) is 20.2. The zero-order chi connectivity index (χ0) is 18.5. The van der Waals surface area contributed by atoms with Crippen molar-refractivity contribution < 1.29 is 9.53 Å². The van der Waals surface area contributed by atoms with Crippen LogP contribution in [-0.4, -0.2) is 49.7 Å². The van der Waals surface area contributed by atoms with Crippen molar-refractivity contribution in [2.75, 3.05) is 6.61 Å². The average molecular weight is 357 g/mol. The average Bonchev–Trinajstić information content (AvgIpc) is 3.08. The molecule has 1 saturated heterocycles. The van der Waals surface area contributed by atoms with E-state index in [-0.39, 0.29) is 24.5 Å². The molecule has 2 heterocycles. The fourth-order valence-corrected chi connectivity index (χ4v) is 3.46. The highest BCUT2D eigenvalue weighted by Gasteiger charge is 2.29. The first-order valence-corrected chi connectivity index (χ1v) is 9.40. The number of rotatable bonds is 6. The number of piperidine rings is 1. The van der Waals surface area contributed by atoms with Gasteiger partial charge in [0.1, 0.15) is 12.3 Å². The Morgan fingerprint density at radius 2 is 1.88 bits per heavy atom. The number of hydrogen-bond donors (Lipinski definition) is 0. The molecule has 0 N–H and O–H groups in total. The lowest BCUT2D eigenvalue weighted by Gasteiger charge is -2.38. The maximum Gasteiger partial charge on any atom is 0.246 e. The Morgan fingerprint density at radius 1 is 1.19 bits per heavy atom. The van der Waals surface area contributed by atoms with Crippen molar-refractivity contribution in [2.45, 2.75) is 65.1 Å². The summed E-state index contributed by atoms with van der Waals surface area (Å²) in [6.45, 7) is 7.11. The van der Waals surface area contributed by atoms with Crippen LogP contribution in [0.15, 0.2) is 24.3 Å². The van der Waals surface area contributed by atoms with E-state index in [1.165, 1.54) is 11.2 Å². The van der Waals surface area contributed by atoms with Gasteiger partial charge in [-0.3, -0.25) is 4.79 Å². The van der Waals surface area contributed by atoms with E-state index in [1.807, 2.05) is 29.2 Å². The Labute approximate surface area is 154 Å². The van der Waals surface area contributed by atoms with Gasteiger partial charge in [0, 0.05) is 17.6 Å². The molecule has 1 fully saturated rings. The van der Waals surface area contributed by atoms with Crippen LogP contribution in [0.3, 0.4) is 0 Å². The van der Waals surface area contributed by atoms with Gasteiger partial charge in [0.15, 0.2) is 0 Å². The van der Waals surface area contributed by atoms with Crippen LogP contribution in [0.2, 0.25) is 0 Å². The number of amides is 1. The maximum absolute atomic E-state index is 12.7. The summed E-state index contributed by atoms with van der Waals surface area (Å²) in [5.74, 6) is 1.39. The summed E-state index contributed by atoms with van der Waals surface area (Å²) in [6, 6.07) is 8.14. The van der Waals surface area contributed by atoms with Gasteiger partial charge in [-0.1, -0.05) is 6.92 Å². The second kappa shape index (κ2) is 8.29. The summed E-state index contributed by atoms with van der Waals surface area (Å²) in [4.78, 5) is 16.0. The largest absolute Gasteiger partial charge is 0.494 e. The van der Waals surface area contributed by atoms with Gasteiger partial charge in [-0.2, -0.15) is 4.80 Å². The zero-order valence-corrected chi connectivity index (χ0v) is 15.8. The Morgan fingerprint density at radius 3 is 2.54 bits per heavy atom. The van der Waals surface area contributed by atoms with E-state index >= 15 is 0 Å². The highest BCUT2D eigenvalue weighted by atomic mass is 16.5. The number of tetrazole rings is 1. The van der Waals surface area contributed by atoms with Crippen LogP contribution < -0.4 is 4.74 Å². The molecule has 7 heteroatoms. The first kappa shape index (κ1) is 18.4. The van der Waals surface area contributed by atoms with Crippen molar-refractivity contribution >= 4 is 5.91 Å². The Bertz CT molecular complexity index is 718. The third kappa shape index (κ3) is 4.20.